The predicted octanol–water partition coefficient (Wildman–Crippen LogP) is 2.24. The topological polar surface area (TPSA) is 69.2 Å². The van der Waals surface area contributed by atoms with Crippen LogP contribution in [-0.2, 0) is 9.47 Å². The Kier molecular flexibility index (Phi) is 7.99. The molecule has 0 bridgehead atoms. The van der Waals surface area contributed by atoms with Gasteiger partial charge in [0.05, 0.1) is 13.2 Å². The van der Waals surface area contributed by atoms with E-state index in [0.717, 1.165) is 6.42 Å². The van der Waals surface area contributed by atoms with Crippen LogP contribution in [0, 0.1) is 0 Å². The van der Waals surface area contributed by atoms with Gasteiger partial charge in [0.1, 0.15) is 5.75 Å². The lowest BCUT2D eigenvalue weighted by molar-refractivity contribution is 0.0959. The molecule has 1 aromatic carbocycles. The number of carbonyl (C=O) groups excluding carboxylic acids is 1. The Morgan fingerprint density at radius 2 is 2.09 bits per heavy atom. The maximum Gasteiger partial charge on any atom is 0.291 e. The van der Waals surface area contributed by atoms with E-state index >= 15 is 0 Å². The van der Waals surface area contributed by atoms with E-state index < -0.39 is 0 Å². The summed E-state index contributed by atoms with van der Waals surface area (Å²) in [5.74, 6) is 0.334. The maximum atomic E-state index is 12.2. The third kappa shape index (κ3) is 6.58. The molecule has 1 aromatic rings. The van der Waals surface area contributed by atoms with E-state index in [1.54, 1.807) is 38.5 Å². The van der Waals surface area contributed by atoms with Gasteiger partial charge < -0.3 is 14.2 Å². The molecule has 0 aliphatic carbocycles. The van der Waals surface area contributed by atoms with E-state index in [9.17, 15) is 4.79 Å². The fourth-order valence-corrected chi connectivity index (χ4v) is 1.65. The van der Waals surface area contributed by atoms with Crippen LogP contribution < -0.4 is 10.1 Å². The van der Waals surface area contributed by atoms with E-state index in [2.05, 4.69) is 10.3 Å². The smallest absolute Gasteiger partial charge is 0.291 e. The van der Waals surface area contributed by atoms with Crippen molar-refractivity contribution in [3.05, 3.63) is 29.8 Å². The monoisotopic (exact) mass is 308 g/mol. The lowest BCUT2D eigenvalue weighted by Crippen LogP contribution is -2.34. The number of amides is 1. The normalized spacial score (nSPS) is 11.4. The minimum Gasteiger partial charge on any atom is -0.497 e. The van der Waals surface area contributed by atoms with Crippen molar-refractivity contribution in [3.63, 3.8) is 0 Å². The summed E-state index contributed by atoms with van der Waals surface area (Å²) < 4.78 is 15.6. The van der Waals surface area contributed by atoms with Gasteiger partial charge in [0.2, 0.25) is 0 Å². The molecule has 0 saturated heterocycles. The van der Waals surface area contributed by atoms with Gasteiger partial charge in [-0.2, -0.15) is 0 Å². The van der Waals surface area contributed by atoms with E-state index in [0.29, 0.717) is 24.5 Å². The third-order valence-corrected chi connectivity index (χ3v) is 2.66. The van der Waals surface area contributed by atoms with Crippen molar-refractivity contribution in [1.29, 1.82) is 0 Å². The summed E-state index contributed by atoms with van der Waals surface area (Å²) in [6.07, 6.45) is 0.683. The van der Waals surface area contributed by atoms with Crippen LogP contribution in [0.5, 0.6) is 5.75 Å². The number of rotatable bonds is 7. The van der Waals surface area contributed by atoms with Gasteiger partial charge in [-0.25, -0.2) is 4.99 Å². The van der Waals surface area contributed by atoms with Gasteiger partial charge in [-0.05, 0) is 38.5 Å². The summed E-state index contributed by atoms with van der Waals surface area (Å²) in [6.45, 7) is 4.89. The first-order valence-electron chi connectivity index (χ1n) is 7.22. The molecule has 1 N–H and O–H groups in total. The summed E-state index contributed by atoms with van der Waals surface area (Å²) in [5, 5.41) is 2.69. The van der Waals surface area contributed by atoms with E-state index in [-0.39, 0.29) is 18.0 Å². The number of aliphatic imine (C=N–C) groups is 1. The SMILES string of the molecule is COCCCN=C(NC(=O)c1cccc(OC)c1)OC(C)C. The second-order valence-corrected chi connectivity index (χ2v) is 4.89. The first-order valence-corrected chi connectivity index (χ1v) is 7.22. The van der Waals surface area contributed by atoms with E-state index in [4.69, 9.17) is 14.2 Å². The van der Waals surface area contributed by atoms with Crippen molar-refractivity contribution in [2.45, 2.75) is 26.4 Å². The third-order valence-electron chi connectivity index (χ3n) is 2.66. The number of nitrogens with one attached hydrogen (secondary N) is 1. The highest BCUT2D eigenvalue weighted by atomic mass is 16.5. The Hall–Kier alpha value is -2.08. The maximum absolute atomic E-state index is 12.2. The number of nitrogens with zero attached hydrogens (tertiary/aromatic N) is 1. The van der Waals surface area contributed by atoms with Gasteiger partial charge in [0.15, 0.2) is 0 Å². The first kappa shape index (κ1) is 18.0. The summed E-state index contributed by atoms with van der Waals surface area (Å²) in [7, 11) is 3.20. The molecule has 0 heterocycles. The van der Waals surface area contributed by atoms with E-state index in [1.165, 1.54) is 0 Å². The molecule has 122 valence electrons. The van der Waals surface area contributed by atoms with Crippen molar-refractivity contribution in [2.24, 2.45) is 4.99 Å². The highest BCUT2D eigenvalue weighted by Gasteiger charge is 2.12. The molecular formula is C16H24N2O4. The second kappa shape index (κ2) is 9.78. The molecule has 0 atom stereocenters. The lowest BCUT2D eigenvalue weighted by atomic mass is 10.2. The zero-order chi connectivity index (χ0) is 16.4. The van der Waals surface area contributed by atoms with Crippen LogP contribution in [0.25, 0.3) is 0 Å². The van der Waals surface area contributed by atoms with Crippen LogP contribution in [0.1, 0.15) is 30.6 Å². The van der Waals surface area contributed by atoms with Crippen LogP contribution in [-0.4, -0.2) is 45.4 Å². The van der Waals surface area contributed by atoms with Gasteiger partial charge in [-0.1, -0.05) is 6.07 Å². The number of methoxy groups -OCH3 is 2. The fourth-order valence-electron chi connectivity index (χ4n) is 1.65. The molecule has 6 heteroatoms. The minimum absolute atomic E-state index is 0.0771. The van der Waals surface area contributed by atoms with Gasteiger partial charge in [0, 0.05) is 25.8 Å². The quantitative estimate of drug-likeness (QED) is 0.476. The van der Waals surface area contributed by atoms with Crippen LogP contribution in [0.4, 0.5) is 0 Å². The van der Waals surface area contributed by atoms with E-state index in [1.807, 2.05) is 13.8 Å². The molecule has 0 radical (unpaired) electrons. The average molecular weight is 308 g/mol. The molecular weight excluding hydrogens is 284 g/mol. The van der Waals surface area contributed by atoms with Crippen molar-refractivity contribution < 1.29 is 19.0 Å². The number of amidine groups is 1. The summed E-state index contributed by atoms with van der Waals surface area (Å²) in [5.41, 5.74) is 0.483. The molecule has 0 fully saturated rings. The molecule has 1 rings (SSSR count). The number of ether oxygens (including phenoxy) is 3. The number of carbonyl (C=O) groups is 1. The molecule has 22 heavy (non-hydrogen) atoms. The Balaban J connectivity index is 2.72. The number of benzene rings is 1. The molecule has 0 aliphatic rings. The molecule has 6 nitrogen and oxygen atoms in total. The average Bonchev–Trinajstić information content (AvgIpc) is 2.50. The minimum atomic E-state index is -0.287. The van der Waals surface area contributed by atoms with Gasteiger partial charge in [-0.3, -0.25) is 10.1 Å². The Labute approximate surface area is 131 Å². The van der Waals surface area contributed by atoms with Gasteiger partial charge >= 0.3 is 0 Å². The van der Waals surface area contributed by atoms with Gasteiger partial charge in [0.25, 0.3) is 11.9 Å². The van der Waals surface area contributed by atoms with Crippen molar-refractivity contribution >= 4 is 11.9 Å². The van der Waals surface area contributed by atoms with Crippen molar-refractivity contribution in [1.82, 2.24) is 5.32 Å². The van der Waals surface area contributed by atoms with Crippen LogP contribution in [0.3, 0.4) is 0 Å². The second-order valence-electron chi connectivity index (χ2n) is 4.89. The molecule has 1 amide bonds. The predicted molar refractivity (Wildman–Crippen MR) is 85.5 cm³/mol. The molecule has 0 spiro atoms. The van der Waals surface area contributed by atoms with Crippen molar-refractivity contribution in [3.8, 4) is 5.75 Å². The molecule has 0 aliphatic heterocycles. The molecule has 0 aromatic heterocycles. The molecule has 0 unspecified atom stereocenters. The van der Waals surface area contributed by atoms with Crippen LogP contribution >= 0.6 is 0 Å². The Morgan fingerprint density at radius 1 is 1.32 bits per heavy atom. The Bertz CT molecular complexity index is 501. The number of hydrogen-bond donors (Lipinski definition) is 1. The standard InChI is InChI=1S/C16H24N2O4/c1-12(2)22-16(17-9-6-10-20-3)18-15(19)13-7-5-8-14(11-13)21-4/h5,7-8,11-12H,6,9-10H2,1-4H3,(H,17,18,19). The molecule has 0 saturated carbocycles. The van der Waals surface area contributed by atoms with Crippen molar-refractivity contribution in [2.75, 3.05) is 27.4 Å². The van der Waals surface area contributed by atoms with Gasteiger partial charge in [-0.15, -0.1) is 0 Å². The van der Waals surface area contributed by atoms with Crippen LogP contribution in [0.15, 0.2) is 29.3 Å². The highest BCUT2D eigenvalue weighted by Crippen LogP contribution is 2.12. The van der Waals surface area contributed by atoms with Crippen LogP contribution in [0.2, 0.25) is 0 Å². The highest BCUT2D eigenvalue weighted by molar-refractivity contribution is 6.04. The summed E-state index contributed by atoms with van der Waals surface area (Å²) in [6, 6.07) is 7.12. The fraction of sp³-hybridized carbons (Fsp3) is 0.500. The first-order chi connectivity index (χ1) is 10.6. The largest absolute Gasteiger partial charge is 0.497 e. The Morgan fingerprint density at radius 3 is 2.73 bits per heavy atom. The zero-order valence-electron chi connectivity index (χ0n) is 13.6. The summed E-state index contributed by atoms with van der Waals surface area (Å²) >= 11 is 0. The summed E-state index contributed by atoms with van der Waals surface area (Å²) in [4.78, 5) is 16.5. The zero-order valence-corrected chi connectivity index (χ0v) is 13.6. The number of hydrogen-bond acceptors (Lipinski definition) is 5. The lowest BCUT2D eigenvalue weighted by Gasteiger charge is -2.13.